The van der Waals surface area contributed by atoms with E-state index in [2.05, 4.69) is 20.3 Å². The van der Waals surface area contributed by atoms with Crippen LogP contribution in [0, 0.1) is 11.6 Å². The van der Waals surface area contributed by atoms with E-state index >= 15 is 0 Å². The van der Waals surface area contributed by atoms with E-state index in [0.29, 0.717) is 16.4 Å². The van der Waals surface area contributed by atoms with Crippen molar-refractivity contribution in [3.8, 4) is 11.3 Å². The van der Waals surface area contributed by atoms with Crippen LogP contribution < -0.4 is 5.32 Å². The fourth-order valence-corrected chi connectivity index (χ4v) is 4.76. The SMILES string of the molecule is O=C(CSc1ncnc2ccsc12)Nc1nc(-c2ccc(F)c(F)c2)cs1. The summed E-state index contributed by atoms with van der Waals surface area (Å²) in [4.78, 5) is 24.8. The average molecular weight is 420 g/mol. The van der Waals surface area contributed by atoms with Crippen molar-refractivity contribution in [2.75, 3.05) is 11.1 Å². The van der Waals surface area contributed by atoms with Crippen LogP contribution in [0.1, 0.15) is 0 Å². The topological polar surface area (TPSA) is 67.8 Å². The van der Waals surface area contributed by atoms with E-state index in [-0.39, 0.29) is 11.7 Å². The molecule has 4 rings (SSSR count). The summed E-state index contributed by atoms with van der Waals surface area (Å²) in [6.07, 6.45) is 1.48. The van der Waals surface area contributed by atoms with Crippen molar-refractivity contribution in [1.29, 1.82) is 0 Å². The number of amides is 1. The second-order valence-corrected chi connectivity index (χ2v) is 8.06. The Bertz CT molecular complexity index is 1130. The maximum absolute atomic E-state index is 13.3. The molecule has 27 heavy (non-hydrogen) atoms. The van der Waals surface area contributed by atoms with E-state index < -0.39 is 11.6 Å². The van der Waals surface area contributed by atoms with Crippen LogP contribution in [0.2, 0.25) is 0 Å². The Morgan fingerprint density at radius 1 is 1.15 bits per heavy atom. The van der Waals surface area contributed by atoms with Crippen LogP contribution in [0.25, 0.3) is 21.5 Å². The number of halogens is 2. The quantitative estimate of drug-likeness (QED) is 0.370. The highest BCUT2D eigenvalue weighted by Crippen LogP contribution is 2.29. The molecule has 0 saturated carbocycles. The number of carbonyl (C=O) groups excluding carboxylic acids is 1. The minimum atomic E-state index is -0.938. The van der Waals surface area contributed by atoms with Gasteiger partial charge in [0.15, 0.2) is 16.8 Å². The lowest BCUT2D eigenvalue weighted by Crippen LogP contribution is -2.13. The van der Waals surface area contributed by atoms with Crippen molar-refractivity contribution in [3.05, 3.63) is 53.0 Å². The highest BCUT2D eigenvalue weighted by molar-refractivity contribution is 8.00. The van der Waals surface area contributed by atoms with Gasteiger partial charge < -0.3 is 5.32 Å². The summed E-state index contributed by atoms with van der Waals surface area (Å²) in [5, 5.41) is 7.46. The van der Waals surface area contributed by atoms with Crippen LogP contribution in [0.15, 0.2) is 46.4 Å². The van der Waals surface area contributed by atoms with Gasteiger partial charge in [-0.15, -0.1) is 22.7 Å². The monoisotopic (exact) mass is 420 g/mol. The molecule has 0 saturated heterocycles. The first-order chi connectivity index (χ1) is 13.1. The number of hydrogen-bond acceptors (Lipinski definition) is 7. The normalized spacial score (nSPS) is 11.0. The number of rotatable bonds is 5. The average Bonchev–Trinajstić information content (AvgIpc) is 3.31. The molecule has 4 aromatic rings. The summed E-state index contributed by atoms with van der Waals surface area (Å²) in [5.74, 6) is -1.91. The van der Waals surface area contributed by atoms with Gasteiger partial charge in [-0.2, -0.15) is 0 Å². The van der Waals surface area contributed by atoms with Gasteiger partial charge in [0.05, 0.1) is 21.7 Å². The number of thiazole rings is 1. The zero-order valence-corrected chi connectivity index (χ0v) is 15.9. The Hall–Kier alpha value is -2.43. The number of nitrogens with zero attached hydrogens (tertiary/aromatic N) is 3. The van der Waals surface area contributed by atoms with E-state index in [1.54, 1.807) is 5.38 Å². The molecule has 0 aliphatic carbocycles. The van der Waals surface area contributed by atoms with Crippen LogP contribution in [-0.2, 0) is 4.79 Å². The van der Waals surface area contributed by atoms with Gasteiger partial charge in [0.1, 0.15) is 11.4 Å². The Morgan fingerprint density at radius 3 is 2.89 bits per heavy atom. The fraction of sp³-hybridized carbons (Fsp3) is 0.0588. The highest BCUT2D eigenvalue weighted by Gasteiger charge is 2.12. The van der Waals surface area contributed by atoms with Gasteiger partial charge in [-0.1, -0.05) is 11.8 Å². The van der Waals surface area contributed by atoms with Crippen molar-refractivity contribution in [3.63, 3.8) is 0 Å². The maximum Gasteiger partial charge on any atom is 0.236 e. The Kier molecular flexibility index (Phi) is 5.10. The molecule has 0 bridgehead atoms. The second-order valence-electron chi connectivity index (χ2n) is 5.32. The lowest BCUT2D eigenvalue weighted by atomic mass is 10.2. The lowest BCUT2D eigenvalue weighted by molar-refractivity contribution is -0.113. The van der Waals surface area contributed by atoms with Gasteiger partial charge >= 0.3 is 0 Å². The van der Waals surface area contributed by atoms with Crippen LogP contribution in [0.4, 0.5) is 13.9 Å². The Balaban J connectivity index is 1.41. The summed E-state index contributed by atoms with van der Waals surface area (Å²) in [6, 6.07) is 5.47. The van der Waals surface area contributed by atoms with Gasteiger partial charge in [0.25, 0.3) is 0 Å². The molecule has 3 aromatic heterocycles. The van der Waals surface area contributed by atoms with E-state index in [1.807, 2.05) is 11.4 Å². The van der Waals surface area contributed by atoms with Gasteiger partial charge in [-0.05, 0) is 29.6 Å². The molecule has 1 N–H and O–H groups in total. The van der Waals surface area contributed by atoms with Gasteiger partial charge in [-0.25, -0.2) is 23.7 Å². The number of anilines is 1. The third-order valence-corrected chi connectivity index (χ3v) is 6.30. The van der Waals surface area contributed by atoms with Crippen molar-refractivity contribution < 1.29 is 13.6 Å². The molecular weight excluding hydrogens is 410 g/mol. The smallest absolute Gasteiger partial charge is 0.236 e. The van der Waals surface area contributed by atoms with E-state index in [1.165, 1.54) is 46.8 Å². The predicted molar refractivity (Wildman–Crippen MR) is 104 cm³/mol. The molecule has 0 unspecified atom stereocenters. The fourth-order valence-electron chi connectivity index (χ4n) is 2.28. The van der Waals surface area contributed by atoms with E-state index in [0.717, 1.165) is 27.4 Å². The summed E-state index contributed by atoms with van der Waals surface area (Å²) in [6.45, 7) is 0. The van der Waals surface area contributed by atoms with Crippen LogP contribution in [-0.4, -0.2) is 26.6 Å². The Labute approximate surface area is 164 Å². The van der Waals surface area contributed by atoms with E-state index in [9.17, 15) is 13.6 Å². The molecule has 1 aromatic carbocycles. The van der Waals surface area contributed by atoms with Crippen LogP contribution in [0.3, 0.4) is 0 Å². The lowest BCUT2D eigenvalue weighted by Gasteiger charge is -2.02. The first kappa shape index (κ1) is 18.0. The number of hydrogen-bond donors (Lipinski definition) is 1. The molecule has 0 spiro atoms. The van der Waals surface area contributed by atoms with Crippen molar-refractivity contribution >= 4 is 55.7 Å². The molecular formula is C17H10F2N4OS3. The minimum Gasteiger partial charge on any atom is -0.301 e. The molecule has 0 aliphatic rings. The van der Waals surface area contributed by atoms with Gasteiger partial charge in [0.2, 0.25) is 5.91 Å². The van der Waals surface area contributed by atoms with Crippen LogP contribution >= 0.6 is 34.4 Å². The summed E-state index contributed by atoms with van der Waals surface area (Å²) >= 11 is 4.07. The van der Waals surface area contributed by atoms with E-state index in [4.69, 9.17) is 0 Å². The first-order valence-corrected chi connectivity index (χ1v) is 10.4. The number of benzene rings is 1. The number of fused-ring (bicyclic) bond motifs is 1. The number of aromatic nitrogens is 3. The minimum absolute atomic E-state index is 0.171. The summed E-state index contributed by atoms with van der Waals surface area (Å²) in [5.41, 5.74) is 1.77. The molecule has 5 nitrogen and oxygen atoms in total. The highest BCUT2D eigenvalue weighted by atomic mass is 32.2. The molecule has 1 amide bonds. The zero-order valence-electron chi connectivity index (χ0n) is 13.5. The molecule has 0 atom stereocenters. The Morgan fingerprint density at radius 2 is 2.04 bits per heavy atom. The summed E-state index contributed by atoms with van der Waals surface area (Å²) < 4.78 is 27.3. The zero-order chi connectivity index (χ0) is 18.8. The molecule has 0 aliphatic heterocycles. The number of thiophene rings is 1. The van der Waals surface area contributed by atoms with Crippen molar-refractivity contribution in [2.24, 2.45) is 0 Å². The third kappa shape index (κ3) is 3.97. The first-order valence-electron chi connectivity index (χ1n) is 7.62. The third-order valence-electron chi connectivity index (χ3n) is 3.52. The molecule has 3 heterocycles. The van der Waals surface area contributed by atoms with Gasteiger partial charge in [-0.3, -0.25) is 4.79 Å². The maximum atomic E-state index is 13.3. The van der Waals surface area contributed by atoms with Gasteiger partial charge in [0, 0.05) is 10.9 Å². The van der Waals surface area contributed by atoms with Crippen LogP contribution in [0.5, 0.6) is 0 Å². The predicted octanol–water partition coefficient (Wildman–Crippen LogP) is 4.82. The number of nitrogens with one attached hydrogen (secondary N) is 1. The largest absolute Gasteiger partial charge is 0.301 e. The number of carbonyl (C=O) groups is 1. The molecule has 136 valence electrons. The van der Waals surface area contributed by atoms with Crippen molar-refractivity contribution in [1.82, 2.24) is 15.0 Å². The number of thioether (sulfide) groups is 1. The molecule has 10 heteroatoms. The molecule has 0 fully saturated rings. The molecule has 0 radical (unpaired) electrons. The summed E-state index contributed by atoms with van der Waals surface area (Å²) in [7, 11) is 0. The second kappa shape index (κ2) is 7.67. The van der Waals surface area contributed by atoms with Crippen molar-refractivity contribution in [2.45, 2.75) is 5.03 Å². The standard InChI is InChI=1S/C17H10F2N4OS3/c18-10-2-1-9(5-11(10)19)13-6-27-17(22-13)23-14(24)7-26-16-15-12(3-4-25-15)20-8-21-16/h1-6,8H,7H2,(H,22,23,24).